The lowest BCUT2D eigenvalue weighted by atomic mass is 10.3. The Morgan fingerprint density at radius 2 is 1.78 bits per heavy atom. The Balaban J connectivity index is 2.16. The van der Waals surface area contributed by atoms with E-state index in [2.05, 4.69) is 0 Å². The molecular formula is C11H8N2O3S2. The molecule has 0 fully saturated rings. The third kappa shape index (κ3) is 2.93. The molecule has 2 aromatic rings. The molecule has 0 N–H and O–H groups in total. The maximum absolute atomic E-state index is 11.4. The van der Waals surface area contributed by atoms with Crippen molar-refractivity contribution in [3.8, 4) is 0 Å². The average molecular weight is 280 g/mol. The summed E-state index contributed by atoms with van der Waals surface area (Å²) in [5.41, 5.74) is 0.0448. The molecule has 0 radical (unpaired) electrons. The first-order chi connectivity index (χ1) is 8.68. The summed E-state index contributed by atoms with van der Waals surface area (Å²) >= 11 is 0. The quantitative estimate of drug-likeness (QED) is 0.283. The van der Waals surface area contributed by atoms with Crippen LogP contribution in [0.2, 0.25) is 0 Å². The van der Waals surface area contributed by atoms with Gasteiger partial charge in [0.1, 0.15) is 0 Å². The van der Waals surface area contributed by atoms with Crippen LogP contribution in [0.1, 0.15) is 0 Å². The lowest BCUT2D eigenvalue weighted by Crippen LogP contribution is -2.27. The van der Waals surface area contributed by atoms with Crippen LogP contribution in [0.4, 0.5) is 5.69 Å². The summed E-state index contributed by atoms with van der Waals surface area (Å²) in [5.74, 6) is 0. The Morgan fingerprint density at radius 1 is 1.06 bits per heavy atom. The number of benzene rings is 1. The number of para-hydroxylation sites is 1. The normalized spacial score (nSPS) is 10.2. The SMILES string of the molecule is O=[N+]([O-])c1ccccc1SSc1cccc[n+]1[O-]. The van der Waals surface area contributed by atoms with E-state index in [1.54, 1.807) is 36.4 Å². The van der Waals surface area contributed by atoms with Crippen molar-refractivity contribution in [3.05, 3.63) is 64.0 Å². The van der Waals surface area contributed by atoms with Crippen molar-refractivity contribution in [1.82, 2.24) is 0 Å². The van der Waals surface area contributed by atoms with Gasteiger partial charge in [0.15, 0.2) is 6.20 Å². The molecule has 0 saturated carbocycles. The lowest BCUT2D eigenvalue weighted by Gasteiger charge is -2.03. The van der Waals surface area contributed by atoms with E-state index in [0.29, 0.717) is 9.92 Å². The minimum Gasteiger partial charge on any atom is -0.618 e. The Kier molecular flexibility index (Phi) is 4.06. The van der Waals surface area contributed by atoms with Gasteiger partial charge in [-0.2, -0.15) is 4.73 Å². The number of hydrogen-bond donors (Lipinski definition) is 0. The molecule has 0 aliphatic rings. The van der Waals surface area contributed by atoms with Gasteiger partial charge in [-0.25, -0.2) is 0 Å². The number of hydrogen-bond acceptors (Lipinski definition) is 5. The zero-order valence-corrected chi connectivity index (χ0v) is 10.7. The smallest absolute Gasteiger partial charge is 0.283 e. The second kappa shape index (κ2) is 5.74. The van der Waals surface area contributed by atoms with Crippen LogP contribution in [0.25, 0.3) is 0 Å². The molecule has 0 atom stereocenters. The van der Waals surface area contributed by atoms with Crippen molar-refractivity contribution in [2.45, 2.75) is 9.92 Å². The molecule has 0 unspecified atom stereocenters. The Hall–Kier alpha value is -1.73. The van der Waals surface area contributed by atoms with Gasteiger partial charge in [0.05, 0.1) is 9.82 Å². The molecule has 18 heavy (non-hydrogen) atoms. The van der Waals surface area contributed by atoms with E-state index in [1.165, 1.54) is 33.9 Å². The molecule has 0 aliphatic heterocycles. The first-order valence-corrected chi connectivity index (χ1v) is 7.09. The Morgan fingerprint density at radius 3 is 2.50 bits per heavy atom. The van der Waals surface area contributed by atoms with Gasteiger partial charge in [-0.05, 0) is 22.9 Å². The van der Waals surface area contributed by atoms with E-state index < -0.39 is 4.92 Å². The van der Waals surface area contributed by atoms with Crippen molar-refractivity contribution >= 4 is 27.3 Å². The van der Waals surface area contributed by atoms with Gasteiger partial charge in [-0.1, -0.05) is 12.1 Å². The van der Waals surface area contributed by atoms with Crippen molar-refractivity contribution in [2.24, 2.45) is 0 Å². The summed E-state index contributed by atoms with van der Waals surface area (Å²) < 4.78 is 0.729. The molecule has 0 saturated heterocycles. The second-order valence-corrected chi connectivity index (χ2v) is 5.45. The molecule has 1 aromatic carbocycles. The fraction of sp³-hybridized carbons (Fsp3) is 0. The topological polar surface area (TPSA) is 70.1 Å². The maximum Gasteiger partial charge on any atom is 0.283 e. The first kappa shape index (κ1) is 12.7. The molecule has 0 bridgehead atoms. The van der Waals surface area contributed by atoms with Crippen molar-refractivity contribution in [2.75, 3.05) is 0 Å². The molecule has 0 spiro atoms. The monoisotopic (exact) mass is 280 g/mol. The van der Waals surface area contributed by atoms with Gasteiger partial charge >= 0.3 is 0 Å². The van der Waals surface area contributed by atoms with E-state index in [1.807, 2.05) is 0 Å². The van der Waals surface area contributed by atoms with Crippen molar-refractivity contribution < 1.29 is 9.65 Å². The van der Waals surface area contributed by atoms with E-state index in [0.717, 1.165) is 4.73 Å². The predicted molar refractivity (Wildman–Crippen MR) is 70.2 cm³/mol. The number of pyridine rings is 1. The number of nitrogens with zero attached hydrogens (tertiary/aromatic N) is 2. The van der Waals surface area contributed by atoms with E-state index in [4.69, 9.17) is 0 Å². The highest BCUT2D eigenvalue weighted by Gasteiger charge is 2.15. The summed E-state index contributed by atoms with van der Waals surface area (Å²) in [7, 11) is 2.39. The molecule has 0 amide bonds. The van der Waals surface area contributed by atoms with Gasteiger partial charge in [0.25, 0.3) is 10.7 Å². The van der Waals surface area contributed by atoms with E-state index in [9.17, 15) is 15.3 Å². The van der Waals surface area contributed by atoms with Crippen molar-refractivity contribution in [1.29, 1.82) is 0 Å². The van der Waals surface area contributed by atoms with Crippen molar-refractivity contribution in [3.63, 3.8) is 0 Å². The van der Waals surface area contributed by atoms with Crippen LogP contribution < -0.4 is 4.73 Å². The van der Waals surface area contributed by atoms with Crippen LogP contribution in [0, 0.1) is 15.3 Å². The minimum absolute atomic E-state index is 0.0448. The summed E-state index contributed by atoms with van der Waals surface area (Å²) in [6.45, 7) is 0. The Bertz CT molecular complexity index is 578. The highest BCUT2D eigenvalue weighted by Crippen LogP contribution is 2.39. The lowest BCUT2D eigenvalue weighted by molar-refractivity contribution is -0.645. The van der Waals surface area contributed by atoms with Crippen LogP contribution >= 0.6 is 21.6 Å². The minimum atomic E-state index is -0.431. The first-order valence-electron chi connectivity index (χ1n) is 4.94. The third-order valence-electron chi connectivity index (χ3n) is 2.07. The summed E-state index contributed by atoms with van der Waals surface area (Å²) in [5, 5.41) is 22.7. The third-order valence-corrected chi connectivity index (χ3v) is 4.46. The highest BCUT2D eigenvalue weighted by atomic mass is 33.1. The van der Waals surface area contributed by atoms with Crippen LogP contribution in [-0.2, 0) is 0 Å². The van der Waals surface area contributed by atoms with E-state index in [-0.39, 0.29) is 5.69 Å². The zero-order chi connectivity index (χ0) is 13.0. The largest absolute Gasteiger partial charge is 0.618 e. The molecule has 7 heteroatoms. The molecular weight excluding hydrogens is 272 g/mol. The van der Waals surface area contributed by atoms with Crippen LogP contribution in [-0.4, -0.2) is 4.92 Å². The molecule has 1 heterocycles. The van der Waals surface area contributed by atoms with Crippen LogP contribution in [0.15, 0.2) is 58.6 Å². The predicted octanol–water partition coefficient (Wildman–Crippen LogP) is 3.03. The van der Waals surface area contributed by atoms with Gasteiger partial charge in [0.2, 0.25) is 0 Å². The van der Waals surface area contributed by atoms with Gasteiger partial charge in [0, 0.05) is 29.0 Å². The fourth-order valence-electron chi connectivity index (χ4n) is 1.24. The number of rotatable bonds is 4. The van der Waals surface area contributed by atoms with Crippen LogP contribution in [0.3, 0.4) is 0 Å². The number of nitro groups is 1. The maximum atomic E-state index is 11.4. The molecule has 5 nitrogen and oxygen atoms in total. The number of nitro benzene ring substituents is 1. The summed E-state index contributed by atoms with van der Waals surface area (Å²) in [6.07, 6.45) is 1.39. The number of aromatic nitrogens is 1. The molecule has 0 aliphatic carbocycles. The highest BCUT2D eigenvalue weighted by molar-refractivity contribution is 8.76. The molecule has 1 aromatic heterocycles. The van der Waals surface area contributed by atoms with Gasteiger partial charge in [-0.3, -0.25) is 10.1 Å². The van der Waals surface area contributed by atoms with Gasteiger partial charge < -0.3 is 5.21 Å². The van der Waals surface area contributed by atoms with Gasteiger partial charge in [-0.15, -0.1) is 0 Å². The molecule has 2 rings (SSSR count). The van der Waals surface area contributed by atoms with E-state index >= 15 is 0 Å². The Labute approximate surface area is 111 Å². The van der Waals surface area contributed by atoms with Crippen LogP contribution in [0.5, 0.6) is 0 Å². The second-order valence-electron chi connectivity index (χ2n) is 3.26. The standard InChI is InChI=1S/C11H8N2O3S2/c14-12-8-4-3-7-11(12)18-17-10-6-2-1-5-9(10)13(15)16/h1-8H. The fourth-order valence-corrected chi connectivity index (χ4v) is 3.38. The summed E-state index contributed by atoms with van der Waals surface area (Å²) in [6, 6.07) is 11.5. The summed E-state index contributed by atoms with van der Waals surface area (Å²) in [4.78, 5) is 10.9. The molecule has 92 valence electrons. The zero-order valence-electron chi connectivity index (χ0n) is 9.05. The average Bonchev–Trinajstić information content (AvgIpc) is 2.38.